The van der Waals surface area contributed by atoms with Crippen LogP contribution in [0.4, 0.5) is 11.4 Å². The molecule has 2 nitrogen and oxygen atoms in total. The molecule has 0 bridgehead atoms. The summed E-state index contributed by atoms with van der Waals surface area (Å²) in [6, 6.07) is 13.8. The van der Waals surface area contributed by atoms with Gasteiger partial charge in [-0.1, -0.05) is 43.6 Å². The Labute approximate surface area is 125 Å². The highest BCUT2D eigenvalue weighted by molar-refractivity contribution is 6.30. The predicted octanol–water partition coefficient (Wildman–Crippen LogP) is 5.08. The normalized spacial score (nSPS) is 10.1. The fraction of sp³-hybridized carbons (Fsp3) is 0.235. The fourth-order valence-electron chi connectivity index (χ4n) is 2.26. The van der Waals surface area contributed by atoms with Crippen LogP contribution in [0.3, 0.4) is 0 Å². The number of benzene rings is 2. The second-order valence-electron chi connectivity index (χ2n) is 4.59. The summed E-state index contributed by atoms with van der Waals surface area (Å²) in [5.41, 5.74) is 4.94. The SMILES string of the molecule is CCc1cccc(CC)c1Nc1cc(Cl)ccc1C#N. The number of para-hydroxylation sites is 1. The maximum Gasteiger partial charge on any atom is 0.101 e. The Bertz CT molecular complexity index is 634. The van der Waals surface area contributed by atoms with E-state index in [9.17, 15) is 5.26 Å². The summed E-state index contributed by atoms with van der Waals surface area (Å²) in [7, 11) is 0. The van der Waals surface area contributed by atoms with E-state index in [4.69, 9.17) is 11.6 Å². The number of halogens is 1. The van der Waals surface area contributed by atoms with Crippen LogP contribution in [0.15, 0.2) is 36.4 Å². The first kappa shape index (κ1) is 14.4. The molecule has 0 saturated carbocycles. The highest BCUT2D eigenvalue weighted by Gasteiger charge is 2.09. The molecular weight excluding hydrogens is 268 g/mol. The molecule has 0 aliphatic rings. The van der Waals surface area contributed by atoms with Crippen molar-refractivity contribution in [1.29, 1.82) is 5.26 Å². The van der Waals surface area contributed by atoms with E-state index < -0.39 is 0 Å². The lowest BCUT2D eigenvalue weighted by atomic mass is 10.0. The van der Waals surface area contributed by atoms with Gasteiger partial charge in [0, 0.05) is 10.7 Å². The van der Waals surface area contributed by atoms with E-state index >= 15 is 0 Å². The lowest BCUT2D eigenvalue weighted by molar-refractivity contribution is 1.09. The van der Waals surface area contributed by atoms with Crippen LogP contribution in [0.5, 0.6) is 0 Å². The van der Waals surface area contributed by atoms with Gasteiger partial charge in [-0.2, -0.15) is 5.26 Å². The van der Waals surface area contributed by atoms with Crippen LogP contribution in [0.2, 0.25) is 5.02 Å². The van der Waals surface area contributed by atoms with Crippen LogP contribution in [-0.4, -0.2) is 0 Å². The van der Waals surface area contributed by atoms with Crippen molar-refractivity contribution in [2.24, 2.45) is 0 Å². The largest absolute Gasteiger partial charge is 0.354 e. The molecule has 0 amide bonds. The molecule has 3 heteroatoms. The molecule has 0 fully saturated rings. The zero-order valence-electron chi connectivity index (χ0n) is 11.7. The van der Waals surface area contributed by atoms with Gasteiger partial charge in [0.15, 0.2) is 0 Å². The topological polar surface area (TPSA) is 35.8 Å². The molecule has 0 heterocycles. The van der Waals surface area contributed by atoms with Crippen LogP contribution in [-0.2, 0) is 12.8 Å². The zero-order valence-corrected chi connectivity index (χ0v) is 12.5. The minimum atomic E-state index is 0.599. The van der Waals surface area contributed by atoms with E-state index in [0.29, 0.717) is 10.6 Å². The Morgan fingerprint density at radius 3 is 2.30 bits per heavy atom. The summed E-state index contributed by atoms with van der Waals surface area (Å²) < 4.78 is 0. The second kappa shape index (κ2) is 6.45. The molecule has 0 atom stereocenters. The van der Waals surface area contributed by atoms with E-state index in [0.717, 1.165) is 24.2 Å². The Kier molecular flexibility index (Phi) is 4.65. The molecule has 2 aromatic rings. The van der Waals surface area contributed by atoms with Crippen LogP contribution >= 0.6 is 11.6 Å². The average molecular weight is 285 g/mol. The van der Waals surface area contributed by atoms with E-state index in [-0.39, 0.29) is 0 Å². The van der Waals surface area contributed by atoms with Crippen LogP contribution in [0.1, 0.15) is 30.5 Å². The van der Waals surface area contributed by atoms with Crippen molar-refractivity contribution in [2.75, 3.05) is 5.32 Å². The summed E-state index contributed by atoms with van der Waals surface area (Å²) in [5, 5.41) is 13.2. The molecule has 0 unspecified atom stereocenters. The molecule has 0 radical (unpaired) electrons. The molecule has 1 N–H and O–H groups in total. The smallest absolute Gasteiger partial charge is 0.101 e. The third kappa shape index (κ3) is 2.95. The van der Waals surface area contributed by atoms with Crippen molar-refractivity contribution in [2.45, 2.75) is 26.7 Å². The summed E-state index contributed by atoms with van der Waals surface area (Å²) >= 11 is 6.04. The lowest BCUT2D eigenvalue weighted by Gasteiger charge is -2.16. The van der Waals surface area contributed by atoms with Gasteiger partial charge in [0.25, 0.3) is 0 Å². The quantitative estimate of drug-likeness (QED) is 0.850. The Morgan fingerprint density at radius 1 is 1.10 bits per heavy atom. The van der Waals surface area contributed by atoms with Crippen molar-refractivity contribution in [1.82, 2.24) is 0 Å². The fourth-order valence-corrected chi connectivity index (χ4v) is 2.43. The van der Waals surface area contributed by atoms with Crippen molar-refractivity contribution >= 4 is 23.0 Å². The van der Waals surface area contributed by atoms with Crippen molar-refractivity contribution in [3.8, 4) is 6.07 Å². The van der Waals surface area contributed by atoms with Crippen LogP contribution in [0, 0.1) is 11.3 Å². The van der Waals surface area contributed by atoms with Gasteiger partial charge >= 0.3 is 0 Å². The molecule has 0 spiro atoms. The molecule has 0 aromatic heterocycles. The Morgan fingerprint density at radius 2 is 1.75 bits per heavy atom. The summed E-state index contributed by atoms with van der Waals surface area (Å²) in [6.45, 7) is 4.26. The highest BCUT2D eigenvalue weighted by Crippen LogP contribution is 2.29. The minimum Gasteiger partial charge on any atom is -0.354 e. The first-order valence-corrected chi connectivity index (χ1v) is 7.14. The number of anilines is 2. The summed E-state index contributed by atoms with van der Waals surface area (Å²) in [4.78, 5) is 0. The van der Waals surface area contributed by atoms with E-state index in [2.05, 4.69) is 43.4 Å². The first-order valence-electron chi connectivity index (χ1n) is 6.77. The number of aryl methyl sites for hydroxylation is 2. The number of rotatable bonds is 4. The molecule has 2 rings (SSSR count). The number of nitriles is 1. The zero-order chi connectivity index (χ0) is 14.5. The summed E-state index contributed by atoms with van der Waals surface area (Å²) in [5.74, 6) is 0. The van der Waals surface area contributed by atoms with Crippen LogP contribution in [0.25, 0.3) is 0 Å². The third-order valence-corrected chi connectivity index (χ3v) is 3.60. The number of hydrogen-bond acceptors (Lipinski definition) is 2. The van der Waals surface area contributed by atoms with E-state index in [1.54, 1.807) is 18.2 Å². The Balaban J connectivity index is 2.50. The highest BCUT2D eigenvalue weighted by atomic mass is 35.5. The van der Waals surface area contributed by atoms with Gasteiger partial charge in [-0.3, -0.25) is 0 Å². The molecule has 0 aliphatic carbocycles. The molecule has 102 valence electrons. The number of nitrogens with zero attached hydrogens (tertiary/aromatic N) is 1. The third-order valence-electron chi connectivity index (χ3n) is 3.36. The first-order chi connectivity index (χ1) is 9.69. The maximum atomic E-state index is 9.21. The number of hydrogen-bond donors (Lipinski definition) is 1. The average Bonchev–Trinajstić information content (AvgIpc) is 2.47. The monoisotopic (exact) mass is 284 g/mol. The van der Waals surface area contributed by atoms with Gasteiger partial charge in [0.1, 0.15) is 6.07 Å². The minimum absolute atomic E-state index is 0.599. The van der Waals surface area contributed by atoms with Gasteiger partial charge in [0.05, 0.1) is 11.3 Å². The predicted molar refractivity (Wildman–Crippen MR) is 84.6 cm³/mol. The van der Waals surface area contributed by atoms with Gasteiger partial charge in [0.2, 0.25) is 0 Å². The van der Waals surface area contributed by atoms with Crippen LogP contribution < -0.4 is 5.32 Å². The second-order valence-corrected chi connectivity index (χ2v) is 5.02. The van der Waals surface area contributed by atoms with Crippen molar-refractivity contribution in [3.05, 3.63) is 58.1 Å². The van der Waals surface area contributed by atoms with E-state index in [1.165, 1.54) is 11.1 Å². The standard InChI is InChI=1S/C17H17ClN2/c1-3-12-6-5-7-13(4-2)17(12)20-16-10-15(18)9-8-14(16)11-19/h5-10,20H,3-4H2,1-2H3. The van der Waals surface area contributed by atoms with Gasteiger partial charge in [-0.15, -0.1) is 0 Å². The molecular formula is C17H17ClN2. The lowest BCUT2D eigenvalue weighted by Crippen LogP contribution is -2.01. The van der Waals surface area contributed by atoms with E-state index in [1.807, 2.05) is 0 Å². The number of nitrogens with one attached hydrogen (secondary N) is 1. The molecule has 2 aromatic carbocycles. The van der Waals surface area contributed by atoms with Crippen molar-refractivity contribution < 1.29 is 0 Å². The molecule has 0 saturated heterocycles. The maximum absolute atomic E-state index is 9.21. The van der Waals surface area contributed by atoms with Crippen molar-refractivity contribution in [3.63, 3.8) is 0 Å². The van der Waals surface area contributed by atoms with Gasteiger partial charge < -0.3 is 5.32 Å². The molecule has 0 aliphatic heterocycles. The van der Waals surface area contributed by atoms with Gasteiger partial charge in [-0.25, -0.2) is 0 Å². The molecule has 20 heavy (non-hydrogen) atoms. The summed E-state index contributed by atoms with van der Waals surface area (Å²) in [6.07, 6.45) is 1.89. The van der Waals surface area contributed by atoms with Gasteiger partial charge in [-0.05, 0) is 42.2 Å². The Hall–Kier alpha value is -1.98.